The van der Waals surface area contributed by atoms with Gasteiger partial charge in [0.15, 0.2) is 0 Å². The van der Waals surface area contributed by atoms with Gasteiger partial charge in [0.2, 0.25) is 12.2 Å². The van der Waals surface area contributed by atoms with Crippen LogP contribution >= 0.6 is 0 Å². The van der Waals surface area contributed by atoms with Gasteiger partial charge in [0.05, 0.1) is 12.2 Å². The quantitative estimate of drug-likeness (QED) is 0.818. The summed E-state index contributed by atoms with van der Waals surface area (Å²) in [7, 11) is 0. The van der Waals surface area contributed by atoms with Gasteiger partial charge in [-0.1, -0.05) is 17.3 Å². The maximum Gasteiger partial charge on any atom is 0.416 e. The van der Waals surface area contributed by atoms with Crippen LogP contribution < -0.4 is 5.32 Å². The lowest BCUT2D eigenvalue weighted by Gasteiger charge is -2.06. The third-order valence-electron chi connectivity index (χ3n) is 2.66. The summed E-state index contributed by atoms with van der Waals surface area (Å²) in [5, 5.41) is 14.9. The predicted molar refractivity (Wildman–Crippen MR) is 63.8 cm³/mol. The minimum atomic E-state index is -4.42. The molecule has 21 heavy (non-hydrogen) atoms. The Morgan fingerprint density at radius 1 is 1.33 bits per heavy atom. The monoisotopic (exact) mass is 301 g/mol. The zero-order valence-corrected chi connectivity index (χ0v) is 10.5. The molecule has 1 heterocycles. The van der Waals surface area contributed by atoms with Gasteiger partial charge < -0.3 is 14.9 Å². The summed E-state index contributed by atoms with van der Waals surface area (Å²) in [5.41, 5.74) is -0.466. The number of aliphatic hydroxyl groups is 1. The summed E-state index contributed by atoms with van der Waals surface area (Å²) in [4.78, 5) is 14.3. The van der Waals surface area contributed by atoms with Gasteiger partial charge in [0.25, 0.3) is 5.89 Å². The minimum Gasteiger partial charge on any atom is -0.394 e. The molecule has 0 saturated carbocycles. The number of alkyl halides is 3. The molecule has 0 radical (unpaired) electrons. The Balaban J connectivity index is 2.23. The van der Waals surface area contributed by atoms with E-state index in [9.17, 15) is 18.0 Å². The summed E-state index contributed by atoms with van der Waals surface area (Å²) < 4.78 is 42.2. The first-order valence-corrected chi connectivity index (χ1v) is 5.77. The Bertz CT molecular complexity index is 610. The Morgan fingerprint density at radius 2 is 2.00 bits per heavy atom. The highest BCUT2D eigenvalue weighted by molar-refractivity contribution is 5.55. The van der Waals surface area contributed by atoms with Gasteiger partial charge in [-0.3, -0.25) is 4.79 Å². The number of carbonyl (C=O) groups excluding carboxylic acids is 1. The molecule has 2 rings (SSSR count). The van der Waals surface area contributed by atoms with Crippen LogP contribution in [0.15, 0.2) is 28.8 Å². The van der Waals surface area contributed by atoms with Gasteiger partial charge in [-0.05, 0) is 12.1 Å². The van der Waals surface area contributed by atoms with E-state index in [-0.39, 0.29) is 11.7 Å². The molecular weight excluding hydrogens is 291 g/mol. The maximum absolute atomic E-state index is 12.4. The van der Waals surface area contributed by atoms with Crippen molar-refractivity contribution < 1.29 is 27.6 Å². The average Bonchev–Trinajstić information content (AvgIpc) is 2.93. The second kappa shape index (κ2) is 5.92. The first kappa shape index (κ1) is 15.0. The second-order valence-corrected chi connectivity index (χ2v) is 4.05. The van der Waals surface area contributed by atoms with Crippen molar-refractivity contribution in [2.75, 3.05) is 6.61 Å². The van der Waals surface area contributed by atoms with Crippen molar-refractivity contribution in [2.45, 2.75) is 12.2 Å². The number of amides is 1. The Hall–Kier alpha value is -2.42. The van der Waals surface area contributed by atoms with Crippen LogP contribution in [0.25, 0.3) is 11.4 Å². The Labute approximate surface area is 116 Å². The van der Waals surface area contributed by atoms with Gasteiger partial charge in [-0.25, -0.2) is 0 Å². The first-order valence-electron chi connectivity index (χ1n) is 5.77. The summed E-state index contributed by atoms with van der Waals surface area (Å²) in [6.45, 7) is -0.451. The Kier molecular flexibility index (Phi) is 4.22. The molecule has 0 spiro atoms. The van der Waals surface area contributed by atoms with E-state index >= 15 is 0 Å². The van der Waals surface area contributed by atoms with E-state index in [4.69, 9.17) is 9.63 Å². The zero-order valence-electron chi connectivity index (χ0n) is 10.5. The van der Waals surface area contributed by atoms with E-state index in [1.165, 1.54) is 12.1 Å². The van der Waals surface area contributed by atoms with Crippen molar-refractivity contribution in [1.29, 1.82) is 0 Å². The number of halogens is 3. The van der Waals surface area contributed by atoms with Crippen molar-refractivity contribution in [1.82, 2.24) is 15.5 Å². The van der Waals surface area contributed by atoms with E-state index in [0.29, 0.717) is 12.0 Å². The molecule has 0 saturated heterocycles. The molecule has 1 aromatic heterocycles. The lowest BCUT2D eigenvalue weighted by atomic mass is 10.1. The highest BCUT2D eigenvalue weighted by atomic mass is 19.4. The van der Waals surface area contributed by atoms with Crippen molar-refractivity contribution in [3.8, 4) is 11.4 Å². The molecule has 0 fully saturated rings. The molecule has 112 valence electrons. The SMILES string of the molecule is O=CN[C@@H](CO)c1nc(-c2ccc(C(F)(F)F)cc2)no1. The van der Waals surface area contributed by atoms with Crippen LogP contribution in [0.2, 0.25) is 0 Å². The second-order valence-electron chi connectivity index (χ2n) is 4.05. The standard InChI is InChI=1S/C12H10F3N3O3/c13-12(14,15)8-3-1-7(2-4-8)10-17-11(21-18-10)9(5-19)16-6-20/h1-4,6,9,19H,5H2,(H,16,20)/t9-/m0/s1. The number of hydrogen-bond donors (Lipinski definition) is 2. The fourth-order valence-corrected chi connectivity index (χ4v) is 1.59. The summed E-state index contributed by atoms with van der Waals surface area (Å²) in [6, 6.07) is 3.35. The van der Waals surface area contributed by atoms with Crippen molar-refractivity contribution in [3.05, 3.63) is 35.7 Å². The molecule has 0 aliphatic carbocycles. The molecule has 0 bridgehead atoms. The van der Waals surface area contributed by atoms with E-state index < -0.39 is 24.4 Å². The first-order chi connectivity index (χ1) is 9.95. The Morgan fingerprint density at radius 3 is 2.52 bits per heavy atom. The van der Waals surface area contributed by atoms with Crippen LogP contribution in [0.5, 0.6) is 0 Å². The van der Waals surface area contributed by atoms with E-state index in [0.717, 1.165) is 12.1 Å². The largest absolute Gasteiger partial charge is 0.416 e. The lowest BCUT2D eigenvalue weighted by Crippen LogP contribution is -2.23. The van der Waals surface area contributed by atoms with E-state index in [1.807, 2.05) is 0 Å². The van der Waals surface area contributed by atoms with Gasteiger partial charge in [-0.2, -0.15) is 18.2 Å². The molecular formula is C12H10F3N3O3. The molecule has 6 nitrogen and oxygen atoms in total. The average molecular weight is 301 g/mol. The molecule has 1 atom stereocenters. The molecule has 0 unspecified atom stereocenters. The fraction of sp³-hybridized carbons (Fsp3) is 0.250. The number of nitrogens with zero attached hydrogens (tertiary/aromatic N) is 2. The number of benzene rings is 1. The lowest BCUT2D eigenvalue weighted by molar-refractivity contribution is -0.137. The number of nitrogens with one attached hydrogen (secondary N) is 1. The number of hydrogen-bond acceptors (Lipinski definition) is 5. The van der Waals surface area contributed by atoms with Crippen LogP contribution in [0.4, 0.5) is 13.2 Å². The van der Waals surface area contributed by atoms with Crippen LogP contribution in [0.1, 0.15) is 17.5 Å². The molecule has 2 aromatic rings. The van der Waals surface area contributed by atoms with Crippen LogP contribution in [-0.2, 0) is 11.0 Å². The molecule has 0 aliphatic rings. The molecule has 1 aromatic carbocycles. The molecule has 2 N–H and O–H groups in total. The molecule has 1 amide bonds. The molecule has 9 heteroatoms. The highest BCUT2D eigenvalue weighted by Crippen LogP contribution is 2.30. The fourth-order valence-electron chi connectivity index (χ4n) is 1.59. The number of rotatable bonds is 5. The maximum atomic E-state index is 12.4. The van der Waals surface area contributed by atoms with Crippen LogP contribution in [0, 0.1) is 0 Å². The van der Waals surface area contributed by atoms with Crippen molar-refractivity contribution in [2.24, 2.45) is 0 Å². The summed E-state index contributed by atoms with van der Waals surface area (Å²) >= 11 is 0. The molecule has 0 aliphatic heterocycles. The van der Waals surface area contributed by atoms with Crippen molar-refractivity contribution in [3.63, 3.8) is 0 Å². The number of aliphatic hydroxyl groups excluding tert-OH is 1. The topological polar surface area (TPSA) is 88.2 Å². The smallest absolute Gasteiger partial charge is 0.394 e. The minimum absolute atomic E-state index is 0.0421. The van der Waals surface area contributed by atoms with Gasteiger partial charge in [-0.15, -0.1) is 0 Å². The van der Waals surface area contributed by atoms with E-state index in [2.05, 4.69) is 15.5 Å². The third-order valence-corrected chi connectivity index (χ3v) is 2.66. The summed E-state index contributed by atoms with van der Waals surface area (Å²) in [5.74, 6) is 0.0179. The number of aromatic nitrogens is 2. The highest BCUT2D eigenvalue weighted by Gasteiger charge is 2.30. The van der Waals surface area contributed by atoms with Crippen LogP contribution in [0.3, 0.4) is 0 Å². The van der Waals surface area contributed by atoms with E-state index in [1.54, 1.807) is 0 Å². The van der Waals surface area contributed by atoms with Crippen LogP contribution in [-0.4, -0.2) is 28.3 Å². The van der Waals surface area contributed by atoms with Gasteiger partial charge in [0, 0.05) is 5.56 Å². The van der Waals surface area contributed by atoms with Gasteiger partial charge in [0.1, 0.15) is 6.04 Å². The summed E-state index contributed by atoms with van der Waals surface area (Å²) in [6.07, 6.45) is -4.06. The zero-order chi connectivity index (χ0) is 15.5. The van der Waals surface area contributed by atoms with Gasteiger partial charge >= 0.3 is 6.18 Å². The normalized spacial score (nSPS) is 13.0. The third kappa shape index (κ3) is 3.37. The van der Waals surface area contributed by atoms with Crippen molar-refractivity contribution >= 4 is 6.41 Å². The number of carbonyl (C=O) groups is 1. The predicted octanol–water partition coefficient (Wildman–Crippen LogP) is 1.53.